The Bertz CT molecular complexity index is 275. The third-order valence-corrected chi connectivity index (χ3v) is 2.22. The van der Waals surface area contributed by atoms with Crippen molar-refractivity contribution in [2.45, 2.75) is 32.5 Å². The molecule has 0 aromatic heterocycles. The highest BCUT2D eigenvalue weighted by Crippen LogP contribution is 2.01. The Hall–Kier alpha value is -0.900. The van der Waals surface area contributed by atoms with Crippen molar-refractivity contribution in [2.24, 2.45) is 0 Å². The molecule has 0 heterocycles. The summed E-state index contributed by atoms with van der Waals surface area (Å²) in [5, 5.41) is 12.4. The molecule has 0 amide bonds. The Balaban J connectivity index is 2.23. The summed E-state index contributed by atoms with van der Waals surface area (Å²) >= 11 is 0. The molecule has 1 rings (SSSR count). The molecule has 1 unspecified atom stereocenters. The van der Waals surface area contributed by atoms with Gasteiger partial charge in [-0.2, -0.15) is 0 Å². The Morgan fingerprint density at radius 2 is 1.94 bits per heavy atom. The summed E-state index contributed by atoms with van der Waals surface area (Å²) in [4.78, 5) is 0. The first-order valence-electron chi connectivity index (χ1n) is 5.71. The fourth-order valence-corrected chi connectivity index (χ4v) is 1.52. The van der Waals surface area contributed by atoms with Crippen molar-refractivity contribution in [3.8, 4) is 0 Å². The van der Waals surface area contributed by atoms with E-state index in [4.69, 9.17) is 9.84 Å². The maximum Gasteiger partial charge on any atom is 0.0717 e. The molecular weight excluding hydrogens is 202 g/mol. The molecule has 3 heteroatoms. The summed E-state index contributed by atoms with van der Waals surface area (Å²) in [6, 6.07) is 10.4. The lowest BCUT2D eigenvalue weighted by atomic mass is 10.2. The first kappa shape index (κ1) is 13.2. The van der Waals surface area contributed by atoms with Crippen LogP contribution in [-0.4, -0.2) is 30.4 Å². The van der Waals surface area contributed by atoms with Crippen LogP contribution in [0.2, 0.25) is 0 Å². The van der Waals surface area contributed by atoms with E-state index in [2.05, 4.69) is 19.2 Å². The number of hydrogen-bond acceptors (Lipinski definition) is 3. The van der Waals surface area contributed by atoms with Gasteiger partial charge in [0.25, 0.3) is 0 Å². The first-order valence-corrected chi connectivity index (χ1v) is 5.71. The monoisotopic (exact) mass is 223 g/mol. The summed E-state index contributed by atoms with van der Waals surface area (Å²) in [5.74, 6) is 0. The molecule has 0 saturated heterocycles. The first-order chi connectivity index (χ1) is 7.72. The van der Waals surface area contributed by atoms with E-state index in [1.165, 1.54) is 0 Å². The smallest absolute Gasteiger partial charge is 0.0717 e. The number of ether oxygens (including phenoxy) is 1. The topological polar surface area (TPSA) is 41.5 Å². The quantitative estimate of drug-likeness (QED) is 0.737. The van der Waals surface area contributed by atoms with Crippen LogP contribution in [0.4, 0.5) is 0 Å². The molecule has 1 aromatic carbocycles. The second-order valence-electron chi connectivity index (χ2n) is 4.20. The van der Waals surface area contributed by atoms with Gasteiger partial charge in [-0.05, 0) is 5.56 Å². The zero-order valence-corrected chi connectivity index (χ0v) is 10.0. The Morgan fingerprint density at radius 1 is 1.25 bits per heavy atom. The Labute approximate surface area is 97.4 Å². The number of aliphatic hydroxyl groups excluding tert-OH is 1. The summed E-state index contributed by atoms with van der Waals surface area (Å²) in [5.41, 5.74) is 1.16. The molecule has 1 atom stereocenters. The van der Waals surface area contributed by atoms with Gasteiger partial charge < -0.3 is 15.2 Å². The van der Waals surface area contributed by atoms with Crippen molar-refractivity contribution in [3.05, 3.63) is 35.9 Å². The van der Waals surface area contributed by atoms with E-state index < -0.39 is 0 Å². The summed E-state index contributed by atoms with van der Waals surface area (Å²) in [6.45, 7) is 5.34. The van der Waals surface area contributed by atoms with Crippen LogP contribution in [-0.2, 0) is 11.3 Å². The maximum absolute atomic E-state index is 9.13. The fourth-order valence-electron chi connectivity index (χ4n) is 1.52. The van der Waals surface area contributed by atoms with Crippen LogP contribution in [0.15, 0.2) is 30.3 Å². The molecule has 1 aromatic rings. The van der Waals surface area contributed by atoms with Crippen molar-refractivity contribution in [2.75, 3.05) is 13.2 Å². The van der Waals surface area contributed by atoms with Crippen LogP contribution < -0.4 is 5.32 Å². The number of rotatable bonds is 7. The average molecular weight is 223 g/mol. The lowest BCUT2D eigenvalue weighted by Crippen LogP contribution is -2.40. The minimum Gasteiger partial charge on any atom is -0.395 e. The highest BCUT2D eigenvalue weighted by molar-refractivity contribution is 5.13. The summed E-state index contributed by atoms with van der Waals surface area (Å²) in [6.07, 6.45) is 0. The zero-order valence-electron chi connectivity index (χ0n) is 10.0. The van der Waals surface area contributed by atoms with Crippen LogP contribution in [0.25, 0.3) is 0 Å². The number of nitrogens with one attached hydrogen (secondary N) is 1. The van der Waals surface area contributed by atoms with Crippen molar-refractivity contribution in [1.29, 1.82) is 0 Å². The predicted octanol–water partition coefficient (Wildman–Crippen LogP) is 1.56. The van der Waals surface area contributed by atoms with E-state index >= 15 is 0 Å². The van der Waals surface area contributed by atoms with Gasteiger partial charge in [-0.15, -0.1) is 0 Å². The SMILES string of the molecule is CC(C)NC(CO)COCc1ccccc1. The van der Waals surface area contributed by atoms with Gasteiger partial charge in [-0.3, -0.25) is 0 Å². The minimum absolute atomic E-state index is 0.0173. The molecule has 0 radical (unpaired) electrons. The largest absolute Gasteiger partial charge is 0.395 e. The van der Waals surface area contributed by atoms with E-state index in [0.717, 1.165) is 5.56 Å². The van der Waals surface area contributed by atoms with Gasteiger partial charge in [0.2, 0.25) is 0 Å². The average Bonchev–Trinajstić information content (AvgIpc) is 2.28. The number of benzene rings is 1. The fraction of sp³-hybridized carbons (Fsp3) is 0.538. The van der Waals surface area contributed by atoms with Crippen LogP contribution >= 0.6 is 0 Å². The summed E-state index contributed by atoms with van der Waals surface area (Å²) in [7, 11) is 0. The van der Waals surface area contributed by atoms with Crippen molar-refractivity contribution >= 4 is 0 Å². The Morgan fingerprint density at radius 3 is 2.50 bits per heavy atom. The van der Waals surface area contributed by atoms with Gasteiger partial charge in [-0.1, -0.05) is 44.2 Å². The molecule has 0 aliphatic heterocycles. The molecule has 0 aliphatic rings. The molecule has 0 aliphatic carbocycles. The van der Waals surface area contributed by atoms with E-state index in [9.17, 15) is 0 Å². The van der Waals surface area contributed by atoms with Crippen LogP contribution in [0, 0.1) is 0 Å². The molecular formula is C13H21NO2. The van der Waals surface area contributed by atoms with Crippen LogP contribution in [0.3, 0.4) is 0 Å². The number of aliphatic hydroxyl groups is 1. The van der Waals surface area contributed by atoms with E-state index in [1.807, 2.05) is 30.3 Å². The molecule has 0 spiro atoms. The number of hydrogen-bond donors (Lipinski definition) is 2. The van der Waals surface area contributed by atoms with Crippen LogP contribution in [0.1, 0.15) is 19.4 Å². The lowest BCUT2D eigenvalue weighted by molar-refractivity contribution is 0.0755. The minimum atomic E-state index is 0.0173. The zero-order chi connectivity index (χ0) is 11.8. The molecule has 90 valence electrons. The molecule has 0 saturated carbocycles. The van der Waals surface area contributed by atoms with E-state index in [-0.39, 0.29) is 12.6 Å². The normalized spacial score (nSPS) is 13.0. The third-order valence-electron chi connectivity index (χ3n) is 2.22. The molecule has 16 heavy (non-hydrogen) atoms. The third kappa shape index (κ3) is 5.26. The molecule has 3 nitrogen and oxygen atoms in total. The van der Waals surface area contributed by atoms with Crippen molar-refractivity contribution < 1.29 is 9.84 Å². The van der Waals surface area contributed by atoms with Gasteiger partial charge in [0, 0.05) is 6.04 Å². The lowest BCUT2D eigenvalue weighted by Gasteiger charge is -2.18. The van der Waals surface area contributed by atoms with E-state index in [0.29, 0.717) is 19.3 Å². The standard InChI is InChI=1S/C13H21NO2/c1-11(2)14-13(8-15)10-16-9-12-6-4-3-5-7-12/h3-7,11,13-15H,8-10H2,1-2H3. The van der Waals surface area contributed by atoms with Gasteiger partial charge in [0.05, 0.1) is 25.9 Å². The highest BCUT2D eigenvalue weighted by Gasteiger charge is 2.08. The van der Waals surface area contributed by atoms with Gasteiger partial charge in [0.15, 0.2) is 0 Å². The van der Waals surface area contributed by atoms with E-state index in [1.54, 1.807) is 0 Å². The van der Waals surface area contributed by atoms with Crippen molar-refractivity contribution in [3.63, 3.8) is 0 Å². The molecule has 0 bridgehead atoms. The summed E-state index contributed by atoms with van der Waals surface area (Å²) < 4.78 is 5.55. The second kappa shape index (κ2) is 7.39. The second-order valence-corrected chi connectivity index (χ2v) is 4.20. The van der Waals surface area contributed by atoms with Crippen molar-refractivity contribution in [1.82, 2.24) is 5.32 Å². The molecule has 2 N–H and O–H groups in total. The maximum atomic E-state index is 9.13. The highest BCUT2D eigenvalue weighted by atomic mass is 16.5. The molecule has 0 fully saturated rings. The Kier molecular flexibility index (Phi) is 6.08. The van der Waals surface area contributed by atoms with Crippen LogP contribution in [0.5, 0.6) is 0 Å². The van der Waals surface area contributed by atoms with Gasteiger partial charge >= 0.3 is 0 Å². The van der Waals surface area contributed by atoms with Gasteiger partial charge in [0.1, 0.15) is 0 Å². The van der Waals surface area contributed by atoms with Gasteiger partial charge in [-0.25, -0.2) is 0 Å². The predicted molar refractivity (Wildman–Crippen MR) is 65.2 cm³/mol.